The largest absolute Gasteiger partial charge is 0.396 e. The zero-order valence-electron chi connectivity index (χ0n) is 8.70. The Morgan fingerprint density at radius 1 is 1.43 bits per heavy atom. The van der Waals surface area contributed by atoms with Crippen LogP contribution in [0.3, 0.4) is 0 Å². The van der Waals surface area contributed by atoms with Gasteiger partial charge in [0.25, 0.3) is 0 Å². The van der Waals surface area contributed by atoms with Crippen LogP contribution in [0.4, 0.5) is 5.69 Å². The SMILES string of the molecule is CCC(C)(CO)CNc1cncnc1. The second-order valence-electron chi connectivity index (χ2n) is 3.80. The molecule has 1 heterocycles. The molecule has 1 aromatic rings. The van der Waals surface area contributed by atoms with E-state index in [0.717, 1.165) is 18.7 Å². The van der Waals surface area contributed by atoms with Gasteiger partial charge >= 0.3 is 0 Å². The quantitative estimate of drug-likeness (QED) is 0.743. The van der Waals surface area contributed by atoms with Gasteiger partial charge in [-0.3, -0.25) is 0 Å². The van der Waals surface area contributed by atoms with Crippen molar-refractivity contribution in [1.29, 1.82) is 0 Å². The first-order chi connectivity index (χ1) is 6.70. The molecule has 1 aromatic heterocycles. The van der Waals surface area contributed by atoms with E-state index < -0.39 is 0 Å². The standard InChI is InChI=1S/C10H17N3O/c1-3-10(2,7-14)6-13-9-4-11-8-12-5-9/h4-5,8,13-14H,3,6-7H2,1-2H3. The molecule has 0 radical (unpaired) electrons. The minimum Gasteiger partial charge on any atom is -0.396 e. The van der Waals surface area contributed by atoms with Crippen molar-refractivity contribution in [3.8, 4) is 0 Å². The Morgan fingerprint density at radius 3 is 2.57 bits per heavy atom. The summed E-state index contributed by atoms with van der Waals surface area (Å²) in [6.45, 7) is 5.03. The van der Waals surface area contributed by atoms with Gasteiger partial charge in [-0.25, -0.2) is 9.97 Å². The Morgan fingerprint density at radius 2 is 2.07 bits per heavy atom. The van der Waals surface area contributed by atoms with E-state index in [2.05, 4.69) is 22.2 Å². The number of nitrogens with zero attached hydrogens (tertiary/aromatic N) is 2. The third kappa shape index (κ3) is 2.96. The minimum absolute atomic E-state index is 0.0736. The summed E-state index contributed by atoms with van der Waals surface area (Å²) in [5.41, 5.74) is 0.816. The van der Waals surface area contributed by atoms with Crippen LogP contribution >= 0.6 is 0 Å². The fourth-order valence-corrected chi connectivity index (χ4v) is 0.999. The number of aromatic nitrogens is 2. The number of aliphatic hydroxyl groups is 1. The van der Waals surface area contributed by atoms with E-state index in [1.165, 1.54) is 6.33 Å². The topological polar surface area (TPSA) is 58.0 Å². The van der Waals surface area contributed by atoms with Crippen molar-refractivity contribution in [3.63, 3.8) is 0 Å². The highest BCUT2D eigenvalue weighted by molar-refractivity contribution is 5.37. The number of rotatable bonds is 5. The molecule has 0 aliphatic rings. The number of hydrogen-bond acceptors (Lipinski definition) is 4. The summed E-state index contributed by atoms with van der Waals surface area (Å²) in [6.07, 6.45) is 5.88. The second kappa shape index (κ2) is 4.91. The van der Waals surface area contributed by atoms with Gasteiger partial charge in [-0.05, 0) is 6.42 Å². The average molecular weight is 195 g/mol. The van der Waals surface area contributed by atoms with Gasteiger partial charge < -0.3 is 10.4 Å². The number of anilines is 1. The van der Waals surface area contributed by atoms with Gasteiger partial charge in [0.2, 0.25) is 0 Å². The molecule has 0 fully saturated rings. The van der Waals surface area contributed by atoms with Crippen LogP contribution in [0.25, 0.3) is 0 Å². The minimum atomic E-state index is -0.0736. The van der Waals surface area contributed by atoms with Crippen molar-refractivity contribution in [2.75, 3.05) is 18.5 Å². The summed E-state index contributed by atoms with van der Waals surface area (Å²) in [6, 6.07) is 0. The van der Waals surface area contributed by atoms with Crippen LogP contribution in [0, 0.1) is 5.41 Å². The highest BCUT2D eigenvalue weighted by atomic mass is 16.3. The molecular formula is C10H17N3O. The zero-order valence-corrected chi connectivity index (χ0v) is 8.70. The van der Waals surface area contributed by atoms with Gasteiger partial charge in [0.15, 0.2) is 0 Å². The lowest BCUT2D eigenvalue weighted by Crippen LogP contribution is -2.29. The van der Waals surface area contributed by atoms with Crippen molar-refractivity contribution >= 4 is 5.69 Å². The lowest BCUT2D eigenvalue weighted by Gasteiger charge is -2.26. The van der Waals surface area contributed by atoms with E-state index in [0.29, 0.717) is 0 Å². The molecule has 14 heavy (non-hydrogen) atoms. The molecular weight excluding hydrogens is 178 g/mol. The van der Waals surface area contributed by atoms with E-state index in [-0.39, 0.29) is 12.0 Å². The van der Waals surface area contributed by atoms with Crippen LogP contribution in [0.5, 0.6) is 0 Å². The molecule has 4 nitrogen and oxygen atoms in total. The number of aliphatic hydroxyl groups excluding tert-OH is 1. The van der Waals surface area contributed by atoms with Gasteiger partial charge in [0.1, 0.15) is 6.33 Å². The van der Waals surface area contributed by atoms with Gasteiger partial charge in [-0.15, -0.1) is 0 Å². The van der Waals surface area contributed by atoms with Crippen molar-refractivity contribution in [1.82, 2.24) is 9.97 Å². The molecule has 0 aliphatic carbocycles. The van der Waals surface area contributed by atoms with Crippen molar-refractivity contribution in [2.45, 2.75) is 20.3 Å². The van der Waals surface area contributed by atoms with Crippen molar-refractivity contribution in [2.24, 2.45) is 5.41 Å². The molecule has 4 heteroatoms. The van der Waals surface area contributed by atoms with Gasteiger partial charge in [0.05, 0.1) is 24.7 Å². The van der Waals surface area contributed by atoms with E-state index in [4.69, 9.17) is 0 Å². The molecule has 2 N–H and O–H groups in total. The summed E-state index contributed by atoms with van der Waals surface area (Å²) in [5, 5.41) is 12.4. The Hall–Kier alpha value is -1.16. The summed E-state index contributed by atoms with van der Waals surface area (Å²) in [5.74, 6) is 0. The predicted molar refractivity (Wildman–Crippen MR) is 56.0 cm³/mol. The normalized spacial score (nSPS) is 14.8. The molecule has 0 saturated carbocycles. The summed E-state index contributed by atoms with van der Waals surface area (Å²) in [4.78, 5) is 7.80. The summed E-state index contributed by atoms with van der Waals surface area (Å²) < 4.78 is 0. The van der Waals surface area contributed by atoms with E-state index in [9.17, 15) is 5.11 Å². The van der Waals surface area contributed by atoms with E-state index >= 15 is 0 Å². The summed E-state index contributed by atoms with van der Waals surface area (Å²) in [7, 11) is 0. The first-order valence-corrected chi connectivity index (χ1v) is 4.80. The van der Waals surface area contributed by atoms with Crippen LogP contribution in [-0.4, -0.2) is 28.2 Å². The Kier molecular flexibility index (Phi) is 3.83. The maximum Gasteiger partial charge on any atom is 0.115 e. The molecule has 0 aliphatic heterocycles. The maximum absolute atomic E-state index is 9.19. The van der Waals surface area contributed by atoms with Gasteiger partial charge in [-0.1, -0.05) is 13.8 Å². The van der Waals surface area contributed by atoms with E-state index in [1.807, 2.05) is 6.92 Å². The van der Waals surface area contributed by atoms with Crippen LogP contribution in [0.15, 0.2) is 18.7 Å². The molecule has 0 amide bonds. The van der Waals surface area contributed by atoms with Gasteiger partial charge in [-0.2, -0.15) is 0 Å². The highest BCUT2D eigenvalue weighted by Gasteiger charge is 2.20. The number of hydrogen-bond donors (Lipinski definition) is 2. The molecule has 1 unspecified atom stereocenters. The van der Waals surface area contributed by atoms with Crippen molar-refractivity contribution < 1.29 is 5.11 Å². The third-order valence-electron chi connectivity index (χ3n) is 2.52. The predicted octanol–water partition coefficient (Wildman–Crippen LogP) is 1.30. The van der Waals surface area contributed by atoms with Crippen LogP contribution in [0.1, 0.15) is 20.3 Å². The first kappa shape index (κ1) is 10.9. The molecule has 1 atom stereocenters. The number of nitrogens with one attached hydrogen (secondary N) is 1. The zero-order chi connectivity index (χ0) is 10.4. The van der Waals surface area contributed by atoms with Crippen LogP contribution < -0.4 is 5.32 Å². The maximum atomic E-state index is 9.19. The lowest BCUT2D eigenvalue weighted by molar-refractivity contribution is 0.149. The molecule has 0 bridgehead atoms. The molecule has 0 spiro atoms. The van der Waals surface area contributed by atoms with Crippen LogP contribution in [-0.2, 0) is 0 Å². The fraction of sp³-hybridized carbons (Fsp3) is 0.600. The smallest absolute Gasteiger partial charge is 0.115 e. The third-order valence-corrected chi connectivity index (χ3v) is 2.52. The van der Waals surface area contributed by atoms with Crippen LogP contribution in [0.2, 0.25) is 0 Å². The fourth-order valence-electron chi connectivity index (χ4n) is 0.999. The Bertz CT molecular complexity index is 259. The second-order valence-corrected chi connectivity index (χ2v) is 3.80. The molecule has 1 rings (SSSR count). The van der Waals surface area contributed by atoms with Gasteiger partial charge in [0, 0.05) is 12.0 Å². The molecule has 0 aromatic carbocycles. The monoisotopic (exact) mass is 195 g/mol. The molecule has 0 saturated heterocycles. The Labute approximate surface area is 84.4 Å². The highest BCUT2D eigenvalue weighted by Crippen LogP contribution is 2.20. The molecule has 78 valence electrons. The van der Waals surface area contributed by atoms with E-state index in [1.54, 1.807) is 12.4 Å². The lowest BCUT2D eigenvalue weighted by atomic mass is 9.88. The first-order valence-electron chi connectivity index (χ1n) is 4.80. The van der Waals surface area contributed by atoms with Crippen molar-refractivity contribution in [3.05, 3.63) is 18.7 Å². The summed E-state index contributed by atoms with van der Waals surface area (Å²) >= 11 is 0. The Balaban J connectivity index is 2.48. The average Bonchev–Trinajstić information content (AvgIpc) is 2.27.